The first-order valence-corrected chi connectivity index (χ1v) is 6.15. The Hall–Kier alpha value is -1.35. The Kier molecular flexibility index (Phi) is 3.48. The van der Waals surface area contributed by atoms with Gasteiger partial charge in [0.1, 0.15) is 5.82 Å². The summed E-state index contributed by atoms with van der Waals surface area (Å²) in [6.07, 6.45) is 0. The van der Waals surface area contributed by atoms with Crippen LogP contribution in [0.1, 0.15) is 11.1 Å². The largest absolute Gasteiger partial charge is 0.355 e. The molecule has 2 aromatic carbocycles. The highest BCUT2D eigenvalue weighted by Gasteiger charge is 2.03. The van der Waals surface area contributed by atoms with E-state index < -0.39 is 0 Å². The van der Waals surface area contributed by atoms with E-state index in [4.69, 9.17) is 0 Å². The van der Waals surface area contributed by atoms with Gasteiger partial charge in [-0.25, -0.2) is 4.39 Å². The number of anilines is 2. The van der Waals surface area contributed by atoms with Gasteiger partial charge in [0, 0.05) is 15.8 Å². The second-order valence-electron chi connectivity index (χ2n) is 4.04. The first kappa shape index (κ1) is 12.1. The second-order valence-corrected chi connectivity index (χ2v) is 4.96. The van der Waals surface area contributed by atoms with Crippen LogP contribution < -0.4 is 5.32 Å². The lowest BCUT2D eigenvalue weighted by atomic mass is 10.1. The Bertz CT molecular complexity index is 552. The maximum absolute atomic E-state index is 13.2. The summed E-state index contributed by atoms with van der Waals surface area (Å²) in [7, 11) is 0. The van der Waals surface area contributed by atoms with Crippen molar-refractivity contribution in [3.8, 4) is 0 Å². The highest BCUT2D eigenvalue weighted by atomic mass is 79.9. The van der Waals surface area contributed by atoms with Gasteiger partial charge in [-0.15, -0.1) is 0 Å². The molecule has 0 aliphatic rings. The summed E-state index contributed by atoms with van der Waals surface area (Å²) in [4.78, 5) is 0. The zero-order valence-electron chi connectivity index (χ0n) is 9.72. The van der Waals surface area contributed by atoms with Crippen molar-refractivity contribution in [2.75, 3.05) is 5.32 Å². The van der Waals surface area contributed by atoms with E-state index in [1.54, 1.807) is 6.07 Å². The molecular weight excluding hydrogens is 281 g/mol. The minimum atomic E-state index is -0.229. The number of aryl methyl sites for hydroxylation is 2. The van der Waals surface area contributed by atoms with Gasteiger partial charge in [0.05, 0.1) is 0 Å². The lowest BCUT2D eigenvalue weighted by molar-refractivity contribution is 0.628. The molecule has 3 heteroatoms. The second kappa shape index (κ2) is 4.88. The average molecular weight is 294 g/mol. The molecule has 88 valence electrons. The normalized spacial score (nSPS) is 10.4. The fourth-order valence-electron chi connectivity index (χ4n) is 1.64. The molecule has 0 spiro atoms. The van der Waals surface area contributed by atoms with Crippen molar-refractivity contribution in [1.82, 2.24) is 0 Å². The Morgan fingerprint density at radius 2 is 1.71 bits per heavy atom. The van der Waals surface area contributed by atoms with Crippen molar-refractivity contribution in [2.24, 2.45) is 0 Å². The number of nitrogens with one attached hydrogen (secondary N) is 1. The van der Waals surface area contributed by atoms with Gasteiger partial charge in [-0.1, -0.05) is 22.0 Å². The zero-order valence-corrected chi connectivity index (χ0v) is 11.3. The Morgan fingerprint density at radius 3 is 2.41 bits per heavy atom. The van der Waals surface area contributed by atoms with Gasteiger partial charge in [-0.2, -0.15) is 0 Å². The van der Waals surface area contributed by atoms with Gasteiger partial charge in [-0.05, 0) is 55.3 Å². The van der Waals surface area contributed by atoms with Crippen molar-refractivity contribution in [3.63, 3.8) is 0 Å². The predicted octanol–water partition coefficient (Wildman–Crippen LogP) is 4.95. The molecular formula is C14H13BrFN. The molecule has 2 rings (SSSR count). The van der Waals surface area contributed by atoms with Crippen LogP contribution in [0, 0.1) is 19.7 Å². The maximum atomic E-state index is 13.2. The molecule has 17 heavy (non-hydrogen) atoms. The number of rotatable bonds is 2. The molecule has 0 radical (unpaired) electrons. The van der Waals surface area contributed by atoms with Crippen LogP contribution >= 0.6 is 15.9 Å². The van der Waals surface area contributed by atoms with E-state index in [2.05, 4.69) is 21.2 Å². The monoisotopic (exact) mass is 293 g/mol. The smallest absolute Gasteiger partial charge is 0.125 e. The summed E-state index contributed by atoms with van der Waals surface area (Å²) in [5, 5.41) is 3.25. The molecule has 0 unspecified atom stereocenters. The van der Waals surface area contributed by atoms with Crippen LogP contribution in [0.2, 0.25) is 0 Å². The fraction of sp³-hybridized carbons (Fsp3) is 0.143. The van der Waals surface area contributed by atoms with Gasteiger partial charge < -0.3 is 5.32 Å². The van der Waals surface area contributed by atoms with E-state index in [0.717, 1.165) is 27.0 Å². The quantitative estimate of drug-likeness (QED) is 0.826. The molecule has 0 heterocycles. The molecule has 1 N–H and O–H groups in total. The molecule has 0 fully saturated rings. The Labute approximate surface area is 109 Å². The third kappa shape index (κ3) is 2.86. The Balaban J connectivity index is 2.34. The lowest BCUT2D eigenvalue weighted by Gasteiger charge is -2.12. The number of hydrogen-bond acceptors (Lipinski definition) is 1. The zero-order chi connectivity index (χ0) is 12.4. The Morgan fingerprint density at radius 1 is 0.941 bits per heavy atom. The van der Waals surface area contributed by atoms with Crippen molar-refractivity contribution in [3.05, 3.63) is 57.8 Å². The van der Waals surface area contributed by atoms with Gasteiger partial charge in [0.15, 0.2) is 0 Å². The van der Waals surface area contributed by atoms with Crippen LogP contribution in [0.25, 0.3) is 0 Å². The van der Waals surface area contributed by atoms with Gasteiger partial charge in [0.25, 0.3) is 0 Å². The van der Waals surface area contributed by atoms with Crippen LogP contribution in [0.15, 0.2) is 40.9 Å². The van der Waals surface area contributed by atoms with Gasteiger partial charge in [-0.3, -0.25) is 0 Å². The molecule has 0 aliphatic heterocycles. The van der Waals surface area contributed by atoms with Crippen molar-refractivity contribution in [1.29, 1.82) is 0 Å². The first-order chi connectivity index (χ1) is 8.06. The highest BCUT2D eigenvalue weighted by molar-refractivity contribution is 9.10. The molecule has 0 bridgehead atoms. The van der Waals surface area contributed by atoms with Crippen molar-refractivity contribution >= 4 is 27.3 Å². The summed E-state index contributed by atoms with van der Waals surface area (Å²) in [5.41, 5.74) is 3.93. The van der Waals surface area contributed by atoms with Crippen LogP contribution in [-0.2, 0) is 0 Å². The molecule has 0 aliphatic carbocycles. The van der Waals surface area contributed by atoms with Crippen LogP contribution in [-0.4, -0.2) is 0 Å². The molecule has 0 saturated carbocycles. The van der Waals surface area contributed by atoms with E-state index in [0.29, 0.717) is 0 Å². The molecule has 0 aromatic heterocycles. The lowest BCUT2D eigenvalue weighted by Crippen LogP contribution is -1.96. The predicted molar refractivity (Wildman–Crippen MR) is 73.3 cm³/mol. The number of halogens is 2. The SMILES string of the molecule is Cc1cc(Br)ccc1Nc1cc(F)ccc1C. The third-order valence-electron chi connectivity index (χ3n) is 2.66. The average Bonchev–Trinajstić information content (AvgIpc) is 2.27. The van der Waals surface area contributed by atoms with Crippen LogP contribution in [0.4, 0.5) is 15.8 Å². The molecule has 0 amide bonds. The summed E-state index contributed by atoms with van der Waals surface area (Å²) in [6.45, 7) is 3.97. The van der Waals surface area contributed by atoms with Crippen LogP contribution in [0.3, 0.4) is 0 Å². The summed E-state index contributed by atoms with van der Waals surface area (Å²) < 4.78 is 14.2. The highest BCUT2D eigenvalue weighted by Crippen LogP contribution is 2.26. The molecule has 2 aromatic rings. The number of benzene rings is 2. The van der Waals surface area contributed by atoms with Crippen LogP contribution in [0.5, 0.6) is 0 Å². The summed E-state index contributed by atoms with van der Waals surface area (Å²) >= 11 is 3.42. The minimum absolute atomic E-state index is 0.229. The van der Waals surface area contributed by atoms with Crippen molar-refractivity contribution in [2.45, 2.75) is 13.8 Å². The van der Waals surface area contributed by atoms with E-state index in [-0.39, 0.29) is 5.82 Å². The number of hydrogen-bond donors (Lipinski definition) is 1. The fourth-order valence-corrected chi connectivity index (χ4v) is 2.12. The summed E-state index contributed by atoms with van der Waals surface area (Å²) in [5.74, 6) is -0.229. The first-order valence-electron chi connectivity index (χ1n) is 5.35. The molecule has 1 nitrogen and oxygen atoms in total. The van der Waals surface area contributed by atoms with Crippen molar-refractivity contribution < 1.29 is 4.39 Å². The van der Waals surface area contributed by atoms with E-state index in [1.165, 1.54) is 12.1 Å². The van der Waals surface area contributed by atoms with E-state index >= 15 is 0 Å². The van der Waals surface area contributed by atoms with Gasteiger partial charge in [0.2, 0.25) is 0 Å². The summed E-state index contributed by atoms with van der Waals surface area (Å²) in [6, 6.07) is 10.7. The topological polar surface area (TPSA) is 12.0 Å². The van der Waals surface area contributed by atoms with E-state index in [1.807, 2.05) is 32.0 Å². The molecule has 0 atom stereocenters. The standard InChI is InChI=1S/C14H13BrFN/c1-9-3-5-12(16)8-14(9)17-13-6-4-11(15)7-10(13)2/h3-8,17H,1-2H3. The molecule has 0 saturated heterocycles. The minimum Gasteiger partial charge on any atom is -0.355 e. The van der Waals surface area contributed by atoms with Gasteiger partial charge >= 0.3 is 0 Å². The maximum Gasteiger partial charge on any atom is 0.125 e. The van der Waals surface area contributed by atoms with E-state index in [9.17, 15) is 4.39 Å². The third-order valence-corrected chi connectivity index (χ3v) is 3.15.